The summed E-state index contributed by atoms with van der Waals surface area (Å²) in [5.74, 6) is -0.376. The van der Waals surface area contributed by atoms with Crippen LogP contribution in [0.2, 0.25) is 0 Å². The van der Waals surface area contributed by atoms with E-state index >= 15 is 0 Å². The number of carbonyl (C=O) groups excluding carboxylic acids is 1. The average Bonchev–Trinajstić information content (AvgIpc) is 2.58. The lowest BCUT2D eigenvalue weighted by Crippen LogP contribution is -2.41. The van der Waals surface area contributed by atoms with Crippen LogP contribution in [0.3, 0.4) is 0 Å². The van der Waals surface area contributed by atoms with Gasteiger partial charge in [-0.05, 0) is 39.3 Å². The van der Waals surface area contributed by atoms with E-state index in [-0.39, 0.29) is 5.82 Å². The third-order valence-corrected chi connectivity index (χ3v) is 4.06. The summed E-state index contributed by atoms with van der Waals surface area (Å²) in [4.78, 5) is 10.2. The standard InChI is InChI=1S/C14H19B2FNO3/c1-13(2)14(3,4)21-16(20-13)11-6-5-10(7-12(11)17)8-18-15-9-19/h5-7,9,18H,8H2,1-4H3. The maximum atomic E-state index is 14.2. The van der Waals surface area contributed by atoms with Crippen molar-refractivity contribution >= 4 is 26.2 Å². The highest BCUT2D eigenvalue weighted by molar-refractivity contribution is 6.64. The maximum absolute atomic E-state index is 14.2. The van der Waals surface area contributed by atoms with E-state index in [4.69, 9.17) is 9.31 Å². The van der Waals surface area contributed by atoms with E-state index in [2.05, 4.69) is 5.23 Å². The Balaban J connectivity index is 2.13. The maximum Gasteiger partial charge on any atom is 0.497 e. The molecule has 0 spiro atoms. The molecule has 111 valence electrons. The number of hydrogen-bond acceptors (Lipinski definition) is 4. The van der Waals surface area contributed by atoms with Gasteiger partial charge in [0.25, 0.3) is 7.41 Å². The third-order valence-electron chi connectivity index (χ3n) is 4.06. The molecule has 1 aliphatic heterocycles. The highest BCUT2D eigenvalue weighted by Crippen LogP contribution is 2.36. The van der Waals surface area contributed by atoms with Crippen molar-refractivity contribution in [1.29, 1.82) is 0 Å². The molecule has 1 heterocycles. The number of carbonyl (C=O) groups is 1. The minimum atomic E-state index is -0.710. The van der Waals surface area contributed by atoms with E-state index in [1.165, 1.54) is 13.5 Å². The molecular weight excluding hydrogens is 271 g/mol. The molecule has 7 heteroatoms. The van der Waals surface area contributed by atoms with E-state index in [1.54, 1.807) is 12.1 Å². The second kappa shape index (κ2) is 5.91. The number of nitrogens with one attached hydrogen (secondary N) is 1. The third kappa shape index (κ3) is 3.36. The average molecular weight is 290 g/mol. The molecule has 1 N–H and O–H groups in total. The molecule has 2 rings (SSSR count). The molecule has 0 saturated carbocycles. The lowest BCUT2D eigenvalue weighted by atomic mass is 9.78. The van der Waals surface area contributed by atoms with Crippen LogP contribution < -0.4 is 10.7 Å². The Morgan fingerprint density at radius 2 is 1.90 bits per heavy atom. The molecule has 0 unspecified atom stereocenters. The Morgan fingerprint density at radius 3 is 2.43 bits per heavy atom. The molecule has 1 saturated heterocycles. The normalized spacial score (nSPS) is 19.6. The molecule has 21 heavy (non-hydrogen) atoms. The molecule has 1 aromatic carbocycles. The highest BCUT2D eigenvalue weighted by atomic mass is 19.1. The van der Waals surface area contributed by atoms with Crippen molar-refractivity contribution in [3.8, 4) is 0 Å². The molecule has 0 aromatic heterocycles. The number of rotatable bonds is 5. The molecule has 0 amide bonds. The van der Waals surface area contributed by atoms with Gasteiger partial charge in [0.15, 0.2) is 0 Å². The van der Waals surface area contributed by atoms with Crippen molar-refractivity contribution in [1.82, 2.24) is 5.23 Å². The number of benzene rings is 1. The summed E-state index contributed by atoms with van der Waals surface area (Å²) in [5, 5.41) is 2.77. The molecule has 1 aliphatic rings. The van der Waals surface area contributed by atoms with E-state index in [1.807, 2.05) is 27.7 Å². The van der Waals surface area contributed by atoms with Gasteiger partial charge in [0, 0.05) is 12.0 Å². The zero-order chi connectivity index (χ0) is 15.7. The summed E-state index contributed by atoms with van der Waals surface area (Å²) in [6.07, 6.45) is 0.648. The monoisotopic (exact) mass is 290 g/mol. The largest absolute Gasteiger partial charge is 0.497 e. The van der Waals surface area contributed by atoms with E-state index < -0.39 is 18.3 Å². The Bertz CT molecular complexity index is 521. The fourth-order valence-corrected chi connectivity index (χ4v) is 2.07. The fourth-order valence-electron chi connectivity index (χ4n) is 2.07. The van der Waals surface area contributed by atoms with Crippen LogP contribution in [-0.4, -0.2) is 31.9 Å². The van der Waals surface area contributed by atoms with Crippen LogP contribution in [0.25, 0.3) is 0 Å². The van der Waals surface area contributed by atoms with Crippen molar-refractivity contribution in [2.45, 2.75) is 45.4 Å². The molecule has 1 radical (unpaired) electrons. The van der Waals surface area contributed by atoms with Gasteiger partial charge < -0.3 is 19.3 Å². The molecule has 0 atom stereocenters. The SMILES string of the molecule is CC1(C)OB(c2ccc(CN[B]C=O)cc2F)OC1(C)C. The summed E-state index contributed by atoms with van der Waals surface area (Å²) in [6.45, 7) is 8.10. The van der Waals surface area contributed by atoms with Gasteiger partial charge >= 0.3 is 7.12 Å². The first-order chi connectivity index (χ1) is 9.77. The lowest BCUT2D eigenvalue weighted by molar-refractivity contribution is 0.00578. The second-order valence-electron chi connectivity index (χ2n) is 6.13. The smallest absolute Gasteiger partial charge is 0.399 e. The van der Waals surface area contributed by atoms with Gasteiger partial charge in [0.05, 0.1) is 17.4 Å². The summed E-state index contributed by atoms with van der Waals surface area (Å²) in [5.41, 5.74) is 0.134. The van der Waals surface area contributed by atoms with Crippen LogP contribution in [0.15, 0.2) is 18.2 Å². The minimum absolute atomic E-state index is 0.376. The Kier molecular flexibility index (Phi) is 4.56. The van der Waals surface area contributed by atoms with Crippen molar-refractivity contribution in [2.24, 2.45) is 0 Å². The van der Waals surface area contributed by atoms with E-state index in [9.17, 15) is 9.18 Å². The van der Waals surface area contributed by atoms with Gasteiger partial charge in [0.2, 0.25) is 0 Å². The molecule has 1 aromatic rings. The Morgan fingerprint density at radius 1 is 1.29 bits per heavy atom. The lowest BCUT2D eigenvalue weighted by Gasteiger charge is -2.32. The van der Waals surface area contributed by atoms with Crippen LogP contribution in [0.5, 0.6) is 0 Å². The summed E-state index contributed by atoms with van der Waals surface area (Å²) in [6, 6.07) is 4.87. The van der Waals surface area contributed by atoms with Crippen molar-refractivity contribution in [3.05, 3.63) is 29.6 Å². The zero-order valence-corrected chi connectivity index (χ0v) is 12.8. The first-order valence-corrected chi connectivity index (χ1v) is 6.91. The molecule has 0 bridgehead atoms. The van der Waals surface area contributed by atoms with Crippen LogP contribution in [-0.2, 0) is 20.6 Å². The summed E-state index contributed by atoms with van der Waals surface area (Å²) >= 11 is 0. The van der Waals surface area contributed by atoms with Crippen LogP contribution in [0.1, 0.15) is 33.3 Å². The van der Waals surface area contributed by atoms with E-state index in [0.717, 1.165) is 5.56 Å². The number of hydrogen-bond donors (Lipinski definition) is 1. The zero-order valence-electron chi connectivity index (χ0n) is 12.8. The summed E-state index contributed by atoms with van der Waals surface area (Å²) in [7, 11) is 0.568. The van der Waals surface area contributed by atoms with E-state index in [0.29, 0.717) is 18.2 Å². The molecule has 0 aliphatic carbocycles. The van der Waals surface area contributed by atoms with Gasteiger partial charge in [-0.25, -0.2) is 4.39 Å². The van der Waals surface area contributed by atoms with Crippen molar-refractivity contribution in [3.63, 3.8) is 0 Å². The van der Waals surface area contributed by atoms with Gasteiger partial charge in [-0.15, -0.1) is 0 Å². The highest BCUT2D eigenvalue weighted by Gasteiger charge is 2.52. The van der Waals surface area contributed by atoms with Gasteiger partial charge in [0.1, 0.15) is 5.82 Å². The first-order valence-electron chi connectivity index (χ1n) is 6.91. The quantitative estimate of drug-likeness (QED) is 0.500. The molecular formula is C14H19B2FNO3. The predicted molar refractivity (Wildman–Crippen MR) is 81.5 cm³/mol. The van der Waals surface area contributed by atoms with Gasteiger partial charge in [-0.1, -0.05) is 12.1 Å². The van der Waals surface area contributed by atoms with Crippen molar-refractivity contribution < 1.29 is 18.5 Å². The van der Waals surface area contributed by atoms with Crippen LogP contribution in [0, 0.1) is 5.82 Å². The summed E-state index contributed by atoms with van der Waals surface area (Å²) < 4.78 is 25.9. The minimum Gasteiger partial charge on any atom is -0.399 e. The van der Waals surface area contributed by atoms with Crippen molar-refractivity contribution in [2.75, 3.05) is 0 Å². The molecule has 1 fully saturated rings. The predicted octanol–water partition coefficient (Wildman–Crippen LogP) is 1.02. The second-order valence-corrected chi connectivity index (χ2v) is 6.13. The van der Waals surface area contributed by atoms with Crippen LogP contribution >= 0.6 is 0 Å². The van der Waals surface area contributed by atoms with Crippen LogP contribution in [0.4, 0.5) is 4.39 Å². The van der Waals surface area contributed by atoms with Gasteiger partial charge in [-0.3, -0.25) is 0 Å². The molecule has 4 nitrogen and oxygen atoms in total. The number of halogens is 1. The van der Waals surface area contributed by atoms with Gasteiger partial charge in [-0.2, -0.15) is 0 Å². The topological polar surface area (TPSA) is 47.6 Å². The Hall–Kier alpha value is -1.17. The Labute approximate surface area is 125 Å². The first kappa shape index (κ1) is 16.2. The fraction of sp³-hybridized carbons (Fsp3) is 0.500.